The lowest BCUT2D eigenvalue weighted by Crippen LogP contribution is -1.94. The number of hydrogen-bond donors (Lipinski definition) is 0. The third-order valence-corrected chi connectivity index (χ3v) is 7.77. The van der Waals surface area contributed by atoms with E-state index in [0.29, 0.717) is 0 Å². The average Bonchev–Trinajstić information content (AvgIpc) is 3.08. The first-order chi connectivity index (χ1) is 20.8. The number of hydrogen-bond acceptors (Lipinski definition) is 4. The molecular formula is C38H24N4. The van der Waals surface area contributed by atoms with E-state index in [1.54, 1.807) is 12.4 Å². The molecule has 4 aromatic heterocycles. The zero-order valence-corrected chi connectivity index (χ0v) is 22.6. The first-order valence-electron chi connectivity index (χ1n) is 14.0. The van der Waals surface area contributed by atoms with Crippen LogP contribution in [0.1, 0.15) is 0 Å². The van der Waals surface area contributed by atoms with Gasteiger partial charge in [-0.2, -0.15) is 0 Å². The van der Waals surface area contributed by atoms with E-state index in [0.717, 1.165) is 50.7 Å². The fraction of sp³-hybridized carbons (Fsp3) is 0. The molecule has 0 aliphatic heterocycles. The van der Waals surface area contributed by atoms with Crippen LogP contribution in [0.15, 0.2) is 146 Å². The predicted octanol–water partition coefficient (Wildman–Crippen LogP) is 9.39. The zero-order valence-electron chi connectivity index (χ0n) is 22.6. The third-order valence-electron chi connectivity index (χ3n) is 7.77. The van der Waals surface area contributed by atoms with Gasteiger partial charge in [0, 0.05) is 23.5 Å². The van der Waals surface area contributed by atoms with E-state index in [9.17, 15) is 0 Å². The van der Waals surface area contributed by atoms with Crippen molar-refractivity contribution in [2.24, 2.45) is 0 Å². The van der Waals surface area contributed by atoms with Crippen molar-refractivity contribution in [2.45, 2.75) is 0 Å². The highest BCUT2D eigenvalue weighted by Crippen LogP contribution is 2.41. The second kappa shape index (κ2) is 10.0. The van der Waals surface area contributed by atoms with Crippen molar-refractivity contribution in [3.63, 3.8) is 0 Å². The molecule has 0 saturated heterocycles. The van der Waals surface area contributed by atoms with Crippen LogP contribution in [-0.2, 0) is 0 Å². The fourth-order valence-corrected chi connectivity index (χ4v) is 5.89. The van der Waals surface area contributed by atoms with Gasteiger partial charge in [-0.05, 0) is 93.0 Å². The monoisotopic (exact) mass is 536 g/mol. The molecule has 4 nitrogen and oxygen atoms in total. The van der Waals surface area contributed by atoms with Crippen LogP contribution in [0.5, 0.6) is 0 Å². The van der Waals surface area contributed by atoms with Gasteiger partial charge < -0.3 is 0 Å². The van der Waals surface area contributed by atoms with E-state index in [-0.39, 0.29) is 0 Å². The van der Waals surface area contributed by atoms with Crippen molar-refractivity contribution < 1.29 is 0 Å². The van der Waals surface area contributed by atoms with Crippen LogP contribution in [0.2, 0.25) is 0 Å². The predicted molar refractivity (Wildman–Crippen MR) is 172 cm³/mol. The lowest BCUT2D eigenvalue weighted by Gasteiger charge is -2.16. The van der Waals surface area contributed by atoms with Crippen molar-refractivity contribution in [3.8, 4) is 45.3 Å². The van der Waals surface area contributed by atoms with Gasteiger partial charge in [-0.1, -0.05) is 72.8 Å². The summed E-state index contributed by atoms with van der Waals surface area (Å²) in [5.41, 5.74) is 7.44. The summed E-state index contributed by atoms with van der Waals surface area (Å²) in [6, 6.07) is 46.0. The van der Waals surface area contributed by atoms with Gasteiger partial charge in [0.05, 0.1) is 34.2 Å². The van der Waals surface area contributed by atoms with Crippen LogP contribution in [0.25, 0.3) is 77.6 Å². The van der Waals surface area contributed by atoms with Crippen LogP contribution in [0.4, 0.5) is 0 Å². The van der Waals surface area contributed by atoms with E-state index in [1.807, 2.05) is 48.5 Å². The maximum atomic E-state index is 5.08. The Morgan fingerprint density at radius 2 is 0.738 bits per heavy atom. The number of rotatable bonds is 4. The van der Waals surface area contributed by atoms with Gasteiger partial charge in [0.15, 0.2) is 0 Å². The lowest BCUT2D eigenvalue weighted by molar-refractivity contribution is 1.25. The number of aromatic nitrogens is 4. The van der Waals surface area contributed by atoms with Crippen LogP contribution < -0.4 is 0 Å². The molecule has 0 atom stereocenters. The smallest absolute Gasteiger partial charge is 0.0893 e. The van der Waals surface area contributed by atoms with Crippen LogP contribution in [-0.4, -0.2) is 19.9 Å². The highest BCUT2D eigenvalue weighted by molar-refractivity contribution is 6.25. The van der Waals surface area contributed by atoms with Gasteiger partial charge in [0.25, 0.3) is 0 Å². The summed E-state index contributed by atoms with van der Waals surface area (Å²) in [7, 11) is 0. The summed E-state index contributed by atoms with van der Waals surface area (Å²) in [5.74, 6) is 0. The summed E-state index contributed by atoms with van der Waals surface area (Å²) < 4.78 is 0. The quantitative estimate of drug-likeness (QED) is 0.210. The Labute approximate surface area is 243 Å². The zero-order chi connectivity index (χ0) is 27.9. The molecule has 0 N–H and O–H groups in total. The Morgan fingerprint density at radius 3 is 1.19 bits per heavy atom. The molecule has 0 fully saturated rings. The molecular weight excluding hydrogens is 512 g/mol. The summed E-state index contributed by atoms with van der Waals surface area (Å²) >= 11 is 0. The number of pyridine rings is 4. The molecule has 196 valence electrons. The van der Waals surface area contributed by atoms with Gasteiger partial charge in [0.2, 0.25) is 0 Å². The van der Waals surface area contributed by atoms with Crippen LogP contribution in [0, 0.1) is 0 Å². The first kappa shape index (κ1) is 24.1. The molecule has 0 unspecified atom stereocenters. The van der Waals surface area contributed by atoms with Crippen molar-refractivity contribution in [3.05, 3.63) is 146 Å². The molecule has 42 heavy (non-hydrogen) atoms. The maximum Gasteiger partial charge on any atom is 0.0893 e. The molecule has 4 heterocycles. The van der Waals surface area contributed by atoms with Gasteiger partial charge in [-0.3, -0.25) is 9.97 Å². The molecule has 0 bridgehead atoms. The van der Waals surface area contributed by atoms with Crippen molar-refractivity contribution in [2.75, 3.05) is 0 Å². The van der Waals surface area contributed by atoms with Crippen LogP contribution in [0.3, 0.4) is 0 Å². The van der Waals surface area contributed by atoms with Crippen LogP contribution >= 0.6 is 0 Å². The Morgan fingerprint density at radius 1 is 0.333 bits per heavy atom. The largest absolute Gasteiger partial charge is 0.255 e. The molecule has 0 aliphatic rings. The summed E-state index contributed by atoms with van der Waals surface area (Å²) in [6.07, 6.45) is 3.61. The minimum atomic E-state index is 0.854. The minimum Gasteiger partial charge on any atom is -0.255 e. The molecule has 0 saturated carbocycles. The standard InChI is InChI=1S/C38H24N4/c1-3-13-28-26(11-1)30(32-17-9-19-36(41-32)34-15-5-7-21-39-34)23-25-24-31(27-12-2-4-14-29(27)38(25)28)33-18-10-20-37(42-33)35-16-6-8-22-40-35/h1-24H. The van der Waals surface area contributed by atoms with Crippen molar-refractivity contribution in [1.82, 2.24) is 19.9 Å². The van der Waals surface area contributed by atoms with E-state index < -0.39 is 0 Å². The van der Waals surface area contributed by atoms with Gasteiger partial charge in [-0.25, -0.2) is 9.97 Å². The first-order valence-corrected chi connectivity index (χ1v) is 14.0. The van der Waals surface area contributed by atoms with Crippen molar-refractivity contribution >= 4 is 32.3 Å². The summed E-state index contributed by atoms with van der Waals surface area (Å²) in [4.78, 5) is 19.2. The molecule has 4 aromatic carbocycles. The summed E-state index contributed by atoms with van der Waals surface area (Å²) in [5, 5.41) is 7.12. The topological polar surface area (TPSA) is 51.6 Å². The van der Waals surface area contributed by atoms with E-state index in [4.69, 9.17) is 9.97 Å². The Kier molecular flexibility index (Phi) is 5.75. The Balaban J connectivity index is 1.40. The van der Waals surface area contributed by atoms with Gasteiger partial charge in [-0.15, -0.1) is 0 Å². The Hall–Kier alpha value is -5.74. The molecule has 0 spiro atoms. The molecule has 4 heteroatoms. The molecule has 0 amide bonds. The summed E-state index contributed by atoms with van der Waals surface area (Å²) in [6.45, 7) is 0. The highest BCUT2D eigenvalue weighted by atomic mass is 14.8. The van der Waals surface area contributed by atoms with E-state index >= 15 is 0 Å². The molecule has 0 radical (unpaired) electrons. The molecule has 8 rings (SSSR count). The Bertz CT molecular complexity index is 2090. The van der Waals surface area contributed by atoms with E-state index in [1.165, 1.54) is 26.9 Å². The SMILES string of the molecule is c1ccc(-c2cccc(-c3cc4cc(-c5cccc(-c6ccccn6)n5)c5ccccc5c4c4ccccc34)n2)nc1. The number of fused-ring (bicyclic) bond motifs is 5. The average molecular weight is 537 g/mol. The van der Waals surface area contributed by atoms with E-state index in [2.05, 4.69) is 94.9 Å². The maximum absolute atomic E-state index is 5.08. The number of nitrogens with zero attached hydrogens (tertiary/aromatic N) is 4. The lowest BCUT2D eigenvalue weighted by atomic mass is 9.89. The number of benzene rings is 4. The second-order valence-corrected chi connectivity index (χ2v) is 10.3. The fourth-order valence-electron chi connectivity index (χ4n) is 5.89. The second-order valence-electron chi connectivity index (χ2n) is 10.3. The molecule has 8 aromatic rings. The van der Waals surface area contributed by atoms with Crippen molar-refractivity contribution in [1.29, 1.82) is 0 Å². The van der Waals surface area contributed by atoms with Gasteiger partial charge >= 0.3 is 0 Å². The third kappa shape index (κ3) is 4.09. The van der Waals surface area contributed by atoms with Gasteiger partial charge in [0.1, 0.15) is 0 Å². The molecule has 0 aliphatic carbocycles. The normalized spacial score (nSPS) is 11.3. The minimum absolute atomic E-state index is 0.854. The highest BCUT2D eigenvalue weighted by Gasteiger charge is 2.16.